The first-order valence-corrected chi connectivity index (χ1v) is 12.2. The van der Waals surface area contributed by atoms with Crippen LogP contribution in [-0.2, 0) is 14.4 Å². The number of aromatic nitrogens is 2. The molecule has 2 N–H and O–H groups in total. The van der Waals surface area contributed by atoms with E-state index in [-0.39, 0.29) is 35.7 Å². The molecular formula is C23H21N5O4S2. The fraction of sp³-hybridized carbons (Fsp3) is 0.217. The molecule has 174 valence electrons. The van der Waals surface area contributed by atoms with Gasteiger partial charge < -0.3 is 15.5 Å². The van der Waals surface area contributed by atoms with Gasteiger partial charge in [0.2, 0.25) is 22.9 Å². The van der Waals surface area contributed by atoms with Crippen molar-refractivity contribution in [2.75, 3.05) is 27.8 Å². The Labute approximate surface area is 204 Å². The number of amides is 3. The Kier molecular flexibility index (Phi) is 7.33. The Hall–Kier alpha value is -3.57. The minimum atomic E-state index is -0.479. The Morgan fingerprint density at radius 3 is 2.50 bits per heavy atom. The average molecular weight is 496 g/mol. The van der Waals surface area contributed by atoms with Gasteiger partial charge in [-0.1, -0.05) is 41.3 Å². The number of para-hydroxylation sites is 1. The van der Waals surface area contributed by atoms with Gasteiger partial charge in [0.15, 0.2) is 10.1 Å². The molecule has 1 aliphatic heterocycles. The molecule has 1 fully saturated rings. The van der Waals surface area contributed by atoms with Gasteiger partial charge in [-0.25, -0.2) is 0 Å². The van der Waals surface area contributed by atoms with E-state index in [1.807, 2.05) is 30.3 Å². The van der Waals surface area contributed by atoms with Crippen molar-refractivity contribution in [3.8, 4) is 0 Å². The van der Waals surface area contributed by atoms with Crippen molar-refractivity contribution in [2.45, 2.75) is 17.7 Å². The summed E-state index contributed by atoms with van der Waals surface area (Å²) >= 11 is 2.36. The highest BCUT2D eigenvalue weighted by Gasteiger charge is 2.35. The van der Waals surface area contributed by atoms with Crippen LogP contribution in [0.4, 0.5) is 16.5 Å². The highest BCUT2D eigenvalue weighted by molar-refractivity contribution is 8.01. The number of nitrogens with one attached hydrogen (secondary N) is 2. The molecule has 1 saturated heterocycles. The van der Waals surface area contributed by atoms with Gasteiger partial charge in [0.1, 0.15) is 0 Å². The summed E-state index contributed by atoms with van der Waals surface area (Å²) in [5, 5.41) is 13.8. The fourth-order valence-corrected chi connectivity index (χ4v) is 4.93. The third-order valence-electron chi connectivity index (χ3n) is 5.10. The van der Waals surface area contributed by atoms with Crippen molar-refractivity contribution in [2.24, 2.45) is 5.92 Å². The van der Waals surface area contributed by atoms with Crippen LogP contribution in [0.3, 0.4) is 0 Å². The highest BCUT2D eigenvalue weighted by atomic mass is 32.2. The molecule has 3 aromatic rings. The molecule has 0 spiro atoms. The quantitative estimate of drug-likeness (QED) is 0.279. The Morgan fingerprint density at radius 1 is 1.06 bits per heavy atom. The second-order valence-electron chi connectivity index (χ2n) is 7.57. The fourth-order valence-electron chi connectivity index (χ4n) is 3.38. The van der Waals surface area contributed by atoms with Crippen molar-refractivity contribution >= 4 is 63.1 Å². The van der Waals surface area contributed by atoms with Crippen LogP contribution in [0.1, 0.15) is 23.7 Å². The van der Waals surface area contributed by atoms with Gasteiger partial charge in [0.25, 0.3) is 0 Å². The summed E-state index contributed by atoms with van der Waals surface area (Å²) in [6.07, 6.45) is 0.134. The van der Waals surface area contributed by atoms with E-state index in [0.29, 0.717) is 27.3 Å². The Morgan fingerprint density at radius 2 is 1.79 bits per heavy atom. The number of hydrogen-bond donors (Lipinski definition) is 2. The lowest BCUT2D eigenvalue weighted by atomic mass is 10.1. The number of thioether (sulfide) groups is 1. The monoisotopic (exact) mass is 495 g/mol. The van der Waals surface area contributed by atoms with E-state index in [2.05, 4.69) is 20.8 Å². The number of nitrogens with zero attached hydrogens (tertiary/aromatic N) is 3. The molecule has 1 aliphatic rings. The summed E-state index contributed by atoms with van der Waals surface area (Å²) in [6, 6.07) is 15.9. The van der Waals surface area contributed by atoms with Gasteiger partial charge >= 0.3 is 0 Å². The maximum atomic E-state index is 12.6. The second-order valence-corrected chi connectivity index (χ2v) is 9.77. The SMILES string of the molecule is CC(=O)c1ccc(NC(=O)CSc2nnc(NC(=O)[C@@H]3CC(=O)N(c4ccccc4)C3)s2)cc1. The molecule has 2 heterocycles. The van der Waals surface area contributed by atoms with Crippen LogP contribution in [-0.4, -0.2) is 46.0 Å². The number of ketones is 1. The van der Waals surface area contributed by atoms with E-state index in [1.54, 1.807) is 29.2 Å². The van der Waals surface area contributed by atoms with E-state index in [0.717, 1.165) is 17.0 Å². The van der Waals surface area contributed by atoms with Crippen molar-refractivity contribution < 1.29 is 19.2 Å². The number of rotatable bonds is 8. The van der Waals surface area contributed by atoms with E-state index < -0.39 is 5.92 Å². The topological polar surface area (TPSA) is 121 Å². The van der Waals surface area contributed by atoms with Crippen LogP contribution >= 0.6 is 23.1 Å². The summed E-state index contributed by atoms with van der Waals surface area (Å²) in [5.74, 6) is -1.02. The summed E-state index contributed by atoms with van der Waals surface area (Å²) in [6.45, 7) is 1.79. The van der Waals surface area contributed by atoms with Gasteiger partial charge in [-0.3, -0.25) is 19.2 Å². The lowest BCUT2D eigenvalue weighted by Crippen LogP contribution is -2.28. The first-order valence-electron chi connectivity index (χ1n) is 10.4. The summed E-state index contributed by atoms with van der Waals surface area (Å²) in [7, 11) is 0. The van der Waals surface area contributed by atoms with Gasteiger partial charge in [-0.2, -0.15) is 0 Å². The molecule has 0 saturated carbocycles. The molecule has 3 amide bonds. The minimum absolute atomic E-state index is 0.0411. The summed E-state index contributed by atoms with van der Waals surface area (Å²) < 4.78 is 0.533. The molecule has 1 aromatic heterocycles. The van der Waals surface area contributed by atoms with Crippen LogP contribution in [0, 0.1) is 5.92 Å². The molecule has 0 bridgehead atoms. The zero-order valence-electron chi connectivity index (χ0n) is 18.2. The summed E-state index contributed by atoms with van der Waals surface area (Å²) in [5.41, 5.74) is 1.94. The maximum absolute atomic E-state index is 12.6. The van der Waals surface area contributed by atoms with Gasteiger partial charge in [0, 0.05) is 29.9 Å². The van der Waals surface area contributed by atoms with Gasteiger partial charge in [-0.15, -0.1) is 10.2 Å². The number of carbonyl (C=O) groups is 4. The van der Waals surface area contributed by atoms with E-state index in [1.165, 1.54) is 18.7 Å². The Balaban J connectivity index is 1.25. The van der Waals surface area contributed by atoms with Crippen molar-refractivity contribution in [1.82, 2.24) is 10.2 Å². The molecule has 11 heteroatoms. The van der Waals surface area contributed by atoms with Crippen molar-refractivity contribution in [1.29, 1.82) is 0 Å². The lowest BCUT2D eigenvalue weighted by molar-refractivity contribution is -0.122. The number of anilines is 3. The maximum Gasteiger partial charge on any atom is 0.234 e. The van der Waals surface area contributed by atoms with E-state index >= 15 is 0 Å². The van der Waals surface area contributed by atoms with Crippen LogP contribution in [0.5, 0.6) is 0 Å². The largest absolute Gasteiger partial charge is 0.325 e. The third-order valence-corrected chi connectivity index (χ3v) is 7.07. The predicted octanol–water partition coefficient (Wildman–Crippen LogP) is 3.46. The van der Waals surface area contributed by atoms with Crippen molar-refractivity contribution in [3.63, 3.8) is 0 Å². The zero-order valence-corrected chi connectivity index (χ0v) is 19.8. The molecule has 0 unspecified atom stereocenters. The predicted molar refractivity (Wildman–Crippen MR) is 131 cm³/mol. The van der Waals surface area contributed by atoms with Gasteiger partial charge in [-0.05, 0) is 43.3 Å². The number of hydrogen-bond acceptors (Lipinski definition) is 8. The van der Waals surface area contributed by atoms with Gasteiger partial charge in [0.05, 0.1) is 11.7 Å². The second kappa shape index (κ2) is 10.6. The Bertz CT molecular complexity index is 1210. The number of benzene rings is 2. The molecule has 4 rings (SSSR count). The summed E-state index contributed by atoms with van der Waals surface area (Å²) in [4.78, 5) is 50.1. The zero-order chi connectivity index (χ0) is 24.1. The van der Waals surface area contributed by atoms with Crippen LogP contribution in [0.25, 0.3) is 0 Å². The minimum Gasteiger partial charge on any atom is -0.325 e. The van der Waals surface area contributed by atoms with Crippen LogP contribution in [0.2, 0.25) is 0 Å². The first-order chi connectivity index (χ1) is 16.4. The lowest BCUT2D eigenvalue weighted by Gasteiger charge is -2.16. The highest BCUT2D eigenvalue weighted by Crippen LogP contribution is 2.28. The normalized spacial score (nSPS) is 15.3. The third kappa shape index (κ3) is 5.86. The number of carbonyl (C=O) groups excluding carboxylic acids is 4. The molecule has 2 aromatic carbocycles. The molecule has 9 nitrogen and oxygen atoms in total. The van der Waals surface area contributed by atoms with Crippen LogP contribution < -0.4 is 15.5 Å². The molecule has 1 atom stereocenters. The standard InChI is InChI=1S/C23H21N5O4S2/c1-14(29)15-7-9-17(10-8-15)24-19(30)13-33-23-27-26-22(34-23)25-21(32)16-11-20(31)28(12-16)18-5-3-2-4-6-18/h2-10,16H,11-13H2,1H3,(H,24,30)(H,25,26,32)/t16-/m1/s1. The molecule has 0 radical (unpaired) electrons. The number of Topliss-reactive ketones (excluding diaryl/α,β-unsaturated/α-hetero) is 1. The first kappa shape index (κ1) is 23.6. The average Bonchev–Trinajstić information content (AvgIpc) is 3.45. The molecular weight excluding hydrogens is 474 g/mol. The smallest absolute Gasteiger partial charge is 0.234 e. The molecule has 0 aliphatic carbocycles. The van der Waals surface area contributed by atoms with Crippen molar-refractivity contribution in [3.05, 3.63) is 60.2 Å². The van der Waals surface area contributed by atoms with E-state index in [4.69, 9.17) is 0 Å². The van der Waals surface area contributed by atoms with Crippen LogP contribution in [0.15, 0.2) is 58.9 Å². The van der Waals surface area contributed by atoms with E-state index in [9.17, 15) is 19.2 Å². The molecule has 34 heavy (non-hydrogen) atoms.